The van der Waals surface area contributed by atoms with Gasteiger partial charge in [-0.25, -0.2) is 0 Å². The van der Waals surface area contributed by atoms with Gasteiger partial charge in [0.2, 0.25) is 0 Å². The second-order valence-corrected chi connectivity index (χ2v) is 4.21. The normalized spacial score (nSPS) is 25.0. The summed E-state index contributed by atoms with van der Waals surface area (Å²) in [5.41, 5.74) is 1.70. The van der Waals surface area contributed by atoms with E-state index < -0.39 is 6.29 Å². The van der Waals surface area contributed by atoms with Gasteiger partial charge in [-0.2, -0.15) is 0 Å². The molecule has 0 radical (unpaired) electrons. The summed E-state index contributed by atoms with van der Waals surface area (Å²) in [6.07, 6.45) is -0.817. The quantitative estimate of drug-likeness (QED) is 0.796. The zero-order valence-electron chi connectivity index (χ0n) is 7.59. The molecule has 2 rings (SSSR count). The molecule has 1 aliphatic rings. The number of hydrogen-bond acceptors (Lipinski definition) is 4. The summed E-state index contributed by atoms with van der Waals surface area (Å²) in [5, 5.41) is 18.3. The Balaban J connectivity index is 2.17. The Labute approximate surface area is 86.7 Å². The van der Waals surface area contributed by atoms with Gasteiger partial charge in [0.1, 0.15) is 5.44 Å². The van der Waals surface area contributed by atoms with Gasteiger partial charge in [-0.3, -0.25) is 0 Å². The van der Waals surface area contributed by atoms with Crippen LogP contribution < -0.4 is 0 Å². The summed E-state index contributed by atoms with van der Waals surface area (Å²) in [4.78, 5) is 0. The van der Waals surface area contributed by atoms with Crippen LogP contribution in [0.25, 0.3) is 0 Å². The molecular formula is C10H12O3S. The van der Waals surface area contributed by atoms with E-state index in [1.54, 1.807) is 0 Å². The number of thioether (sulfide) groups is 1. The van der Waals surface area contributed by atoms with Crippen LogP contribution in [0.4, 0.5) is 0 Å². The molecule has 76 valence electrons. The van der Waals surface area contributed by atoms with Gasteiger partial charge in [0, 0.05) is 11.3 Å². The van der Waals surface area contributed by atoms with Crippen molar-refractivity contribution in [3.05, 3.63) is 35.4 Å². The van der Waals surface area contributed by atoms with E-state index in [0.29, 0.717) is 5.75 Å². The third kappa shape index (κ3) is 1.79. The van der Waals surface area contributed by atoms with E-state index in [-0.39, 0.29) is 12.0 Å². The number of rotatable bonds is 3. The van der Waals surface area contributed by atoms with E-state index in [2.05, 4.69) is 0 Å². The van der Waals surface area contributed by atoms with Crippen molar-refractivity contribution in [2.45, 2.75) is 11.7 Å². The molecule has 0 spiro atoms. The van der Waals surface area contributed by atoms with Crippen molar-refractivity contribution in [2.75, 3.05) is 12.4 Å². The highest BCUT2D eigenvalue weighted by Crippen LogP contribution is 2.43. The van der Waals surface area contributed by atoms with Gasteiger partial charge >= 0.3 is 0 Å². The van der Waals surface area contributed by atoms with Crippen molar-refractivity contribution in [1.29, 1.82) is 0 Å². The Bertz CT molecular complexity index is 316. The second-order valence-electron chi connectivity index (χ2n) is 3.04. The van der Waals surface area contributed by atoms with E-state index in [1.807, 2.05) is 24.3 Å². The molecule has 14 heavy (non-hydrogen) atoms. The molecule has 1 aromatic carbocycles. The fourth-order valence-electron chi connectivity index (χ4n) is 1.50. The highest BCUT2D eigenvalue weighted by molar-refractivity contribution is 7.99. The molecule has 0 amide bonds. The first kappa shape index (κ1) is 9.98. The Morgan fingerprint density at radius 2 is 2.00 bits per heavy atom. The van der Waals surface area contributed by atoms with Crippen molar-refractivity contribution in [2.24, 2.45) is 0 Å². The lowest BCUT2D eigenvalue weighted by Gasteiger charge is -2.09. The van der Waals surface area contributed by atoms with Crippen LogP contribution in [0.5, 0.6) is 0 Å². The number of aliphatic hydroxyl groups excluding tert-OH is 2. The highest BCUT2D eigenvalue weighted by atomic mass is 32.2. The SMILES string of the molecule is OCCSC1OC(O)c2ccccc21. The minimum Gasteiger partial charge on any atom is -0.396 e. The summed E-state index contributed by atoms with van der Waals surface area (Å²) < 4.78 is 5.34. The highest BCUT2D eigenvalue weighted by Gasteiger charge is 2.29. The Morgan fingerprint density at radius 1 is 1.29 bits per heavy atom. The molecule has 3 nitrogen and oxygen atoms in total. The standard InChI is InChI=1S/C10H12O3S/c11-5-6-14-10-8-4-2-1-3-7(8)9(12)13-10/h1-4,9-12H,5-6H2. The summed E-state index contributed by atoms with van der Waals surface area (Å²) in [7, 11) is 0. The number of ether oxygens (including phenoxy) is 1. The van der Waals surface area contributed by atoms with Crippen molar-refractivity contribution in [3.63, 3.8) is 0 Å². The Kier molecular flexibility index (Phi) is 3.08. The molecule has 0 aliphatic carbocycles. The van der Waals surface area contributed by atoms with Crippen molar-refractivity contribution < 1.29 is 14.9 Å². The maximum atomic E-state index is 9.55. The van der Waals surface area contributed by atoms with Gasteiger partial charge in [0.05, 0.1) is 6.61 Å². The Hall–Kier alpha value is -0.550. The summed E-state index contributed by atoms with van der Waals surface area (Å²) in [6, 6.07) is 7.61. The molecule has 1 aromatic rings. The summed E-state index contributed by atoms with van der Waals surface area (Å²) in [6.45, 7) is 0.128. The minimum absolute atomic E-state index is 0.128. The summed E-state index contributed by atoms with van der Waals surface area (Å²) >= 11 is 1.50. The molecule has 4 heteroatoms. The van der Waals surface area contributed by atoms with Crippen molar-refractivity contribution in [1.82, 2.24) is 0 Å². The van der Waals surface area contributed by atoms with Gasteiger partial charge < -0.3 is 14.9 Å². The monoisotopic (exact) mass is 212 g/mol. The lowest BCUT2D eigenvalue weighted by molar-refractivity contribution is -0.0949. The van der Waals surface area contributed by atoms with Gasteiger partial charge in [-0.1, -0.05) is 24.3 Å². The zero-order chi connectivity index (χ0) is 9.97. The smallest absolute Gasteiger partial charge is 0.183 e. The van der Waals surface area contributed by atoms with E-state index in [1.165, 1.54) is 11.8 Å². The third-order valence-electron chi connectivity index (χ3n) is 2.13. The third-order valence-corrected chi connectivity index (χ3v) is 3.22. The fraction of sp³-hybridized carbons (Fsp3) is 0.400. The van der Waals surface area contributed by atoms with Gasteiger partial charge in [0.15, 0.2) is 6.29 Å². The maximum absolute atomic E-state index is 9.55. The molecule has 0 bridgehead atoms. The molecule has 1 aliphatic heterocycles. The fourth-order valence-corrected chi connectivity index (χ4v) is 2.40. The molecule has 0 aromatic heterocycles. The van der Waals surface area contributed by atoms with E-state index in [0.717, 1.165) is 11.1 Å². The average molecular weight is 212 g/mol. The predicted molar refractivity (Wildman–Crippen MR) is 54.8 cm³/mol. The second kappa shape index (κ2) is 4.31. The molecule has 0 saturated carbocycles. The van der Waals surface area contributed by atoms with Gasteiger partial charge in [-0.05, 0) is 5.56 Å². The van der Waals surface area contributed by atoms with Crippen LogP contribution in [0.2, 0.25) is 0 Å². The van der Waals surface area contributed by atoms with E-state index in [9.17, 15) is 5.11 Å². The zero-order valence-corrected chi connectivity index (χ0v) is 8.41. The van der Waals surface area contributed by atoms with Crippen LogP contribution in [-0.4, -0.2) is 22.6 Å². The first-order valence-electron chi connectivity index (χ1n) is 4.47. The largest absolute Gasteiger partial charge is 0.396 e. The topological polar surface area (TPSA) is 49.7 Å². The van der Waals surface area contributed by atoms with Crippen LogP contribution in [-0.2, 0) is 4.74 Å². The van der Waals surface area contributed by atoms with Gasteiger partial charge in [0.25, 0.3) is 0 Å². The predicted octanol–water partition coefficient (Wildman–Crippen LogP) is 1.43. The lowest BCUT2D eigenvalue weighted by atomic mass is 10.1. The van der Waals surface area contributed by atoms with Crippen LogP contribution in [0.15, 0.2) is 24.3 Å². The van der Waals surface area contributed by atoms with E-state index in [4.69, 9.17) is 9.84 Å². The maximum Gasteiger partial charge on any atom is 0.183 e. The number of fused-ring (bicyclic) bond motifs is 1. The number of hydrogen-bond donors (Lipinski definition) is 2. The Morgan fingerprint density at radius 3 is 2.71 bits per heavy atom. The van der Waals surface area contributed by atoms with Crippen LogP contribution >= 0.6 is 11.8 Å². The van der Waals surface area contributed by atoms with Gasteiger partial charge in [-0.15, -0.1) is 11.8 Å². The van der Waals surface area contributed by atoms with Crippen LogP contribution in [0.1, 0.15) is 22.9 Å². The number of benzene rings is 1. The lowest BCUT2D eigenvalue weighted by Crippen LogP contribution is -1.96. The molecule has 1 heterocycles. The van der Waals surface area contributed by atoms with E-state index >= 15 is 0 Å². The summed E-state index contributed by atoms with van der Waals surface area (Å²) in [5.74, 6) is 0.617. The van der Waals surface area contributed by atoms with Crippen LogP contribution in [0.3, 0.4) is 0 Å². The minimum atomic E-state index is -0.817. The molecule has 2 atom stereocenters. The average Bonchev–Trinajstić information content (AvgIpc) is 2.54. The van der Waals surface area contributed by atoms with Crippen molar-refractivity contribution >= 4 is 11.8 Å². The first-order valence-corrected chi connectivity index (χ1v) is 5.52. The molecule has 2 N–H and O–H groups in total. The van der Waals surface area contributed by atoms with Crippen LogP contribution in [0, 0.1) is 0 Å². The first-order chi connectivity index (χ1) is 6.83. The molecule has 0 saturated heterocycles. The molecule has 2 unspecified atom stereocenters. The van der Waals surface area contributed by atoms with Crippen molar-refractivity contribution in [3.8, 4) is 0 Å². The molecular weight excluding hydrogens is 200 g/mol. The molecule has 0 fully saturated rings. The number of aliphatic hydroxyl groups is 2.